The van der Waals surface area contributed by atoms with Crippen molar-refractivity contribution in [3.63, 3.8) is 0 Å². The van der Waals surface area contributed by atoms with Gasteiger partial charge in [0.05, 0.1) is 4.88 Å². The minimum Gasteiger partial charge on any atom is -0.348 e. The average molecular weight is 251 g/mol. The van der Waals surface area contributed by atoms with E-state index in [9.17, 15) is 4.79 Å². The molecule has 1 N–H and O–H groups in total. The van der Waals surface area contributed by atoms with Crippen LogP contribution in [-0.2, 0) is 0 Å². The first-order valence-electron chi connectivity index (χ1n) is 6.45. The standard InChI is InChI=1S/C14H21NOS/c1-9-5-4-6-12(11(9)3)15-14(16)13-8-7-10(2)17-13/h7-9,11-12H,4-6H2,1-3H3,(H,15,16)/t9-,11+,12+/m0/s1. The molecule has 3 heteroatoms. The average Bonchev–Trinajstić information content (AvgIpc) is 2.72. The summed E-state index contributed by atoms with van der Waals surface area (Å²) in [5.41, 5.74) is 0. The van der Waals surface area contributed by atoms with Gasteiger partial charge in [0, 0.05) is 10.9 Å². The van der Waals surface area contributed by atoms with E-state index < -0.39 is 0 Å². The van der Waals surface area contributed by atoms with Gasteiger partial charge in [-0.3, -0.25) is 4.79 Å². The van der Waals surface area contributed by atoms with Crippen LogP contribution in [0, 0.1) is 18.8 Å². The molecule has 0 bridgehead atoms. The lowest BCUT2D eigenvalue weighted by atomic mass is 9.78. The number of aryl methyl sites for hydroxylation is 1. The van der Waals surface area contributed by atoms with Crippen molar-refractivity contribution in [1.29, 1.82) is 0 Å². The smallest absolute Gasteiger partial charge is 0.261 e. The Morgan fingerprint density at radius 3 is 2.76 bits per heavy atom. The zero-order valence-electron chi connectivity index (χ0n) is 10.8. The molecule has 0 aliphatic heterocycles. The van der Waals surface area contributed by atoms with Crippen LogP contribution < -0.4 is 5.32 Å². The van der Waals surface area contributed by atoms with Crippen molar-refractivity contribution in [2.24, 2.45) is 11.8 Å². The molecular formula is C14H21NOS. The molecule has 0 aromatic carbocycles. The second-order valence-corrected chi connectivity index (χ2v) is 6.55. The van der Waals surface area contributed by atoms with Crippen LogP contribution in [0.15, 0.2) is 12.1 Å². The van der Waals surface area contributed by atoms with Gasteiger partial charge in [0.1, 0.15) is 0 Å². The fourth-order valence-electron chi connectivity index (χ4n) is 2.58. The number of rotatable bonds is 2. The minimum absolute atomic E-state index is 0.106. The summed E-state index contributed by atoms with van der Waals surface area (Å²) < 4.78 is 0. The second-order valence-electron chi connectivity index (χ2n) is 5.26. The second kappa shape index (κ2) is 5.21. The molecule has 0 spiro atoms. The van der Waals surface area contributed by atoms with Crippen molar-refractivity contribution >= 4 is 17.2 Å². The van der Waals surface area contributed by atoms with Gasteiger partial charge in [0.15, 0.2) is 0 Å². The quantitative estimate of drug-likeness (QED) is 0.854. The summed E-state index contributed by atoms with van der Waals surface area (Å²) in [5.74, 6) is 1.42. The van der Waals surface area contributed by atoms with Gasteiger partial charge >= 0.3 is 0 Å². The van der Waals surface area contributed by atoms with Crippen molar-refractivity contribution in [1.82, 2.24) is 5.32 Å². The Bertz CT molecular complexity index is 399. The molecule has 1 heterocycles. The molecule has 94 valence electrons. The normalized spacial score (nSPS) is 29.0. The highest BCUT2D eigenvalue weighted by molar-refractivity contribution is 7.13. The molecular weight excluding hydrogens is 230 g/mol. The zero-order valence-corrected chi connectivity index (χ0v) is 11.6. The maximum atomic E-state index is 12.1. The van der Waals surface area contributed by atoms with Crippen molar-refractivity contribution in [3.8, 4) is 0 Å². The summed E-state index contributed by atoms with van der Waals surface area (Å²) in [4.78, 5) is 14.1. The van der Waals surface area contributed by atoms with Gasteiger partial charge < -0.3 is 5.32 Å². The van der Waals surface area contributed by atoms with Crippen LogP contribution >= 0.6 is 11.3 Å². The van der Waals surface area contributed by atoms with Gasteiger partial charge in [0.2, 0.25) is 0 Å². The summed E-state index contributed by atoms with van der Waals surface area (Å²) in [6, 6.07) is 4.28. The Kier molecular flexibility index (Phi) is 3.87. The largest absolute Gasteiger partial charge is 0.348 e. The summed E-state index contributed by atoms with van der Waals surface area (Å²) in [6.45, 7) is 6.58. The Hall–Kier alpha value is -0.830. The monoisotopic (exact) mass is 251 g/mol. The topological polar surface area (TPSA) is 29.1 Å². The van der Waals surface area contributed by atoms with Gasteiger partial charge in [0.25, 0.3) is 5.91 Å². The summed E-state index contributed by atoms with van der Waals surface area (Å²) in [7, 11) is 0. The summed E-state index contributed by atoms with van der Waals surface area (Å²) in [5, 5.41) is 3.20. The third kappa shape index (κ3) is 2.89. The van der Waals surface area contributed by atoms with Crippen LogP contribution in [0.3, 0.4) is 0 Å². The number of carbonyl (C=O) groups excluding carboxylic acids is 1. The molecule has 1 aliphatic carbocycles. The fraction of sp³-hybridized carbons (Fsp3) is 0.643. The number of hydrogen-bond donors (Lipinski definition) is 1. The summed E-state index contributed by atoms with van der Waals surface area (Å²) >= 11 is 1.57. The first-order valence-corrected chi connectivity index (χ1v) is 7.27. The molecule has 17 heavy (non-hydrogen) atoms. The number of carbonyl (C=O) groups is 1. The van der Waals surface area contributed by atoms with Gasteiger partial charge in [-0.2, -0.15) is 0 Å². The van der Waals surface area contributed by atoms with Crippen LogP contribution in [-0.4, -0.2) is 11.9 Å². The van der Waals surface area contributed by atoms with E-state index in [0.29, 0.717) is 12.0 Å². The SMILES string of the molecule is Cc1ccc(C(=O)N[C@@H]2CCC[C@H](C)[C@H]2C)s1. The van der Waals surface area contributed by atoms with E-state index in [1.54, 1.807) is 11.3 Å². The zero-order chi connectivity index (χ0) is 12.4. The predicted octanol–water partition coefficient (Wildman–Crippen LogP) is 3.61. The van der Waals surface area contributed by atoms with Crippen molar-refractivity contribution in [2.45, 2.75) is 46.1 Å². The Morgan fingerprint density at radius 1 is 1.35 bits per heavy atom. The lowest BCUT2D eigenvalue weighted by Crippen LogP contribution is -2.43. The maximum Gasteiger partial charge on any atom is 0.261 e. The number of amides is 1. The molecule has 1 aromatic heterocycles. The lowest BCUT2D eigenvalue weighted by Gasteiger charge is -2.34. The molecule has 3 atom stereocenters. The minimum atomic E-state index is 0.106. The highest BCUT2D eigenvalue weighted by Gasteiger charge is 2.28. The fourth-order valence-corrected chi connectivity index (χ4v) is 3.35. The predicted molar refractivity (Wildman–Crippen MR) is 72.5 cm³/mol. The van der Waals surface area contributed by atoms with E-state index in [1.165, 1.54) is 17.7 Å². The Labute approximate surface area is 107 Å². The number of hydrogen-bond acceptors (Lipinski definition) is 2. The molecule has 2 rings (SSSR count). The van der Waals surface area contributed by atoms with Gasteiger partial charge in [-0.15, -0.1) is 11.3 Å². The molecule has 1 amide bonds. The third-order valence-corrected chi connectivity index (χ3v) is 4.99. The van der Waals surface area contributed by atoms with Crippen LogP contribution in [0.5, 0.6) is 0 Å². The first-order chi connectivity index (χ1) is 8.08. The summed E-state index contributed by atoms with van der Waals surface area (Å²) in [6.07, 6.45) is 3.66. The molecule has 1 aliphatic rings. The third-order valence-electron chi connectivity index (χ3n) is 3.99. The maximum absolute atomic E-state index is 12.1. The van der Waals surface area contributed by atoms with E-state index in [-0.39, 0.29) is 5.91 Å². The van der Waals surface area contributed by atoms with Gasteiger partial charge in [-0.25, -0.2) is 0 Å². The number of nitrogens with one attached hydrogen (secondary N) is 1. The van der Waals surface area contributed by atoms with Crippen molar-refractivity contribution in [2.75, 3.05) is 0 Å². The molecule has 2 nitrogen and oxygen atoms in total. The first kappa shape index (κ1) is 12.6. The highest BCUT2D eigenvalue weighted by Crippen LogP contribution is 2.29. The molecule has 0 unspecified atom stereocenters. The van der Waals surface area contributed by atoms with E-state index in [2.05, 4.69) is 19.2 Å². The molecule has 1 aromatic rings. The van der Waals surface area contributed by atoms with Gasteiger partial charge in [-0.1, -0.05) is 26.7 Å². The van der Waals surface area contributed by atoms with Gasteiger partial charge in [-0.05, 0) is 37.3 Å². The van der Waals surface area contributed by atoms with Crippen molar-refractivity contribution in [3.05, 3.63) is 21.9 Å². The molecule has 1 saturated carbocycles. The van der Waals surface area contributed by atoms with Crippen LogP contribution in [0.25, 0.3) is 0 Å². The van der Waals surface area contributed by atoms with E-state index >= 15 is 0 Å². The Balaban J connectivity index is 1.98. The van der Waals surface area contributed by atoms with E-state index in [4.69, 9.17) is 0 Å². The highest BCUT2D eigenvalue weighted by atomic mass is 32.1. The van der Waals surface area contributed by atoms with Crippen molar-refractivity contribution < 1.29 is 4.79 Å². The van der Waals surface area contributed by atoms with E-state index in [1.807, 2.05) is 19.1 Å². The van der Waals surface area contributed by atoms with Crippen LogP contribution in [0.1, 0.15) is 47.7 Å². The molecule has 0 saturated heterocycles. The Morgan fingerprint density at radius 2 is 2.12 bits per heavy atom. The molecule has 0 radical (unpaired) electrons. The van der Waals surface area contributed by atoms with Crippen LogP contribution in [0.2, 0.25) is 0 Å². The molecule has 1 fully saturated rings. The van der Waals surface area contributed by atoms with Crippen LogP contribution in [0.4, 0.5) is 0 Å². The van der Waals surface area contributed by atoms with E-state index in [0.717, 1.165) is 17.2 Å². The number of thiophene rings is 1. The lowest BCUT2D eigenvalue weighted by molar-refractivity contribution is 0.0895.